The highest BCUT2D eigenvalue weighted by molar-refractivity contribution is 5.88. The fourth-order valence-corrected chi connectivity index (χ4v) is 1.97. The second-order valence-corrected chi connectivity index (χ2v) is 4.30. The second kappa shape index (κ2) is 4.97. The summed E-state index contributed by atoms with van der Waals surface area (Å²) in [7, 11) is 0. The van der Waals surface area contributed by atoms with Gasteiger partial charge in [-0.25, -0.2) is 4.79 Å². The number of aromatic carboxylic acids is 1. The number of carbonyl (C=O) groups is 1. The van der Waals surface area contributed by atoms with Gasteiger partial charge in [0, 0.05) is 5.69 Å². The molecule has 0 bridgehead atoms. The zero-order valence-corrected chi connectivity index (χ0v) is 10.5. The number of benzene rings is 2. The smallest absolute Gasteiger partial charge is 0.335 e. The van der Waals surface area contributed by atoms with E-state index in [2.05, 4.69) is 10.2 Å². The topological polar surface area (TPSA) is 68.0 Å². The number of hydrogen-bond donors (Lipinski definition) is 1. The van der Waals surface area contributed by atoms with Gasteiger partial charge in [-0.15, -0.1) is 10.2 Å². The van der Waals surface area contributed by atoms with Gasteiger partial charge in [0.25, 0.3) is 0 Å². The largest absolute Gasteiger partial charge is 0.478 e. The van der Waals surface area contributed by atoms with Crippen molar-refractivity contribution in [2.24, 2.45) is 0 Å². The van der Waals surface area contributed by atoms with Crippen LogP contribution < -0.4 is 0 Å². The van der Waals surface area contributed by atoms with Gasteiger partial charge in [0.05, 0.1) is 5.56 Å². The van der Waals surface area contributed by atoms with Crippen LogP contribution in [0, 0.1) is 0 Å². The first-order chi connectivity index (χ1) is 9.74. The molecule has 5 nitrogen and oxygen atoms in total. The number of carboxylic acid groups (broad SMARTS) is 1. The van der Waals surface area contributed by atoms with E-state index >= 15 is 0 Å². The van der Waals surface area contributed by atoms with Gasteiger partial charge in [-0.2, -0.15) is 0 Å². The highest BCUT2D eigenvalue weighted by Gasteiger charge is 2.03. The van der Waals surface area contributed by atoms with Crippen LogP contribution in [-0.4, -0.2) is 25.8 Å². The summed E-state index contributed by atoms with van der Waals surface area (Å²) in [4.78, 5) is 10.8. The molecule has 3 rings (SSSR count). The standard InChI is InChI=1S/C15H11N3O2/c19-15(20)13-3-1-11(2-4-13)12-5-7-14(8-6-12)18-9-16-17-10-18/h1-10H,(H,19,20). The van der Waals surface area contributed by atoms with Crippen molar-refractivity contribution in [2.45, 2.75) is 0 Å². The Morgan fingerprint density at radius 2 is 1.35 bits per heavy atom. The second-order valence-electron chi connectivity index (χ2n) is 4.30. The molecule has 0 saturated heterocycles. The molecule has 0 fully saturated rings. The third-order valence-electron chi connectivity index (χ3n) is 3.05. The molecule has 0 amide bonds. The molecule has 2 aromatic carbocycles. The predicted octanol–water partition coefficient (Wildman–Crippen LogP) is 2.63. The lowest BCUT2D eigenvalue weighted by Crippen LogP contribution is -1.95. The summed E-state index contributed by atoms with van der Waals surface area (Å²) < 4.78 is 1.82. The summed E-state index contributed by atoms with van der Waals surface area (Å²) in [5.41, 5.74) is 3.26. The summed E-state index contributed by atoms with van der Waals surface area (Å²) in [5, 5.41) is 16.4. The minimum atomic E-state index is -0.917. The average molecular weight is 265 g/mol. The molecular formula is C15H11N3O2. The molecular weight excluding hydrogens is 254 g/mol. The normalized spacial score (nSPS) is 10.4. The van der Waals surface area contributed by atoms with E-state index in [4.69, 9.17) is 5.11 Å². The maximum Gasteiger partial charge on any atom is 0.335 e. The Labute approximate surface area is 115 Å². The van der Waals surface area contributed by atoms with Crippen LogP contribution in [0.4, 0.5) is 0 Å². The van der Waals surface area contributed by atoms with Gasteiger partial charge in [0.2, 0.25) is 0 Å². The van der Waals surface area contributed by atoms with Gasteiger partial charge in [-0.3, -0.25) is 4.57 Å². The van der Waals surface area contributed by atoms with E-state index in [1.165, 1.54) is 0 Å². The fourth-order valence-electron chi connectivity index (χ4n) is 1.97. The van der Waals surface area contributed by atoms with E-state index in [1.807, 2.05) is 28.8 Å². The van der Waals surface area contributed by atoms with Crippen LogP contribution in [0.5, 0.6) is 0 Å². The van der Waals surface area contributed by atoms with E-state index in [1.54, 1.807) is 36.9 Å². The third kappa shape index (κ3) is 2.29. The molecule has 1 heterocycles. The van der Waals surface area contributed by atoms with Gasteiger partial charge < -0.3 is 5.11 Å². The number of rotatable bonds is 3. The zero-order chi connectivity index (χ0) is 13.9. The molecule has 0 spiro atoms. The Kier molecular flexibility index (Phi) is 3.01. The van der Waals surface area contributed by atoms with Crippen molar-refractivity contribution in [3.63, 3.8) is 0 Å². The first-order valence-electron chi connectivity index (χ1n) is 6.03. The summed E-state index contributed by atoms with van der Waals surface area (Å²) in [6.07, 6.45) is 3.27. The van der Waals surface area contributed by atoms with Gasteiger partial charge in [0.1, 0.15) is 12.7 Å². The molecule has 0 radical (unpaired) electrons. The monoisotopic (exact) mass is 265 g/mol. The highest BCUT2D eigenvalue weighted by atomic mass is 16.4. The van der Waals surface area contributed by atoms with Gasteiger partial charge >= 0.3 is 5.97 Å². The molecule has 0 unspecified atom stereocenters. The summed E-state index contributed by atoms with van der Waals surface area (Å²) in [5.74, 6) is -0.917. The lowest BCUT2D eigenvalue weighted by molar-refractivity contribution is 0.0697. The van der Waals surface area contributed by atoms with Crippen molar-refractivity contribution < 1.29 is 9.90 Å². The van der Waals surface area contributed by atoms with Gasteiger partial charge in [0.15, 0.2) is 0 Å². The number of hydrogen-bond acceptors (Lipinski definition) is 3. The first kappa shape index (κ1) is 12.1. The Bertz CT molecular complexity index is 717. The maximum absolute atomic E-state index is 10.8. The van der Waals surface area contributed by atoms with E-state index in [0.717, 1.165) is 16.8 Å². The minimum Gasteiger partial charge on any atom is -0.478 e. The third-order valence-corrected chi connectivity index (χ3v) is 3.05. The van der Waals surface area contributed by atoms with E-state index in [0.29, 0.717) is 0 Å². The van der Waals surface area contributed by atoms with Crippen molar-refractivity contribution in [3.8, 4) is 16.8 Å². The summed E-state index contributed by atoms with van der Waals surface area (Å²) >= 11 is 0. The maximum atomic E-state index is 10.8. The molecule has 0 aliphatic heterocycles. The molecule has 0 aliphatic rings. The Morgan fingerprint density at radius 3 is 1.85 bits per heavy atom. The van der Waals surface area contributed by atoms with E-state index < -0.39 is 5.97 Å². The quantitative estimate of drug-likeness (QED) is 0.790. The Hall–Kier alpha value is -2.95. The van der Waals surface area contributed by atoms with Crippen LogP contribution in [0.25, 0.3) is 16.8 Å². The van der Waals surface area contributed by atoms with Crippen LogP contribution in [0.15, 0.2) is 61.2 Å². The van der Waals surface area contributed by atoms with Crippen molar-refractivity contribution in [1.29, 1.82) is 0 Å². The van der Waals surface area contributed by atoms with Gasteiger partial charge in [-0.05, 0) is 35.4 Å². The number of carboxylic acids is 1. The van der Waals surface area contributed by atoms with E-state index in [9.17, 15) is 4.79 Å². The lowest BCUT2D eigenvalue weighted by Gasteiger charge is -2.05. The van der Waals surface area contributed by atoms with Crippen LogP contribution in [-0.2, 0) is 0 Å². The van der Waals surface area contributed by atoms with Crippen molar-refractivity contribution in [3.05, 3.63) is 66.7 Å². The summed E-state index contributed by atoms with van der Waals surface area (Å²) in [6, 6.07) is 14.7. The SMILES string of the molecule is O=C(O)c1ccc(-c2ccc(-n3cnnc3)cc2)cc1. The van der Waals surface area contributed by atoms with Crippen LogP contribution in [0.1, 0.15) is 10.4 Å². The minimum absolute atomic E-state index is 0.287. The van der Waals surface area contributed by atoms with Crippen LogP contribution in [0.3, 0.4) is 0 Å². The van der Waals surface area contributed by atoms with E-state index in [-0.39, 0.29) is 5.56 Å². The highest BCUT2D eigenvalue weighted by Crippen LogP contribution is 2.21. The number of aromatic nitrogens is 3. The fraction of sp³-hybridized carbons (Fsp3) is 0. The molecule has 3 aromatic rings. The summed E-state index contributed by atoms with van der Waals surface area (Å²) in [6.45, 7) is 0. The molecule has 0 aliphatic carbocycles. The molecule has 0 saturated carbocycles. The van der Waals surface area contributed by atoms with Crippen LogP contribution >= 0.6 is 0 Å². The van der Waals surface area contributed by atoms with Gasteiger partial charge in [-0.1, -0.05) is 24.3 Å². The molecule has 1 N–H and O–H groups in total. The van der Waals surface area contributed by atoms with Crippen molar-refractivity contribution >= 4 is 5.97 Å². The first-order valence-corrected chi connectivity index (χ1v) is 6.03. The molecule has 20 heavy (non-hydrogen) atoms. The Balaban J connectivity index is 1.89. The Morgan fingerprint density at radius 1 is 0.850 bits per heavy atom. The lowest BCUT2D eigenvalue weighted by atomic mass is 10.0. The van der Waals surface area contributed by atoms with Crippen molar-refractivity contribution in [1.82, 2.24) is 14.8 Å². The van der Waals surface area contributed by atoms with Crippen molar-refractivity contribution in [2.75, 3.05) is 0 Å². The number of nitrogens with zero attached hydrogens (tertiary/aromatic N) is 3. The molecule has 1 aromatic heterocycles. The average Bonchev–Trinajstić information content (AvgIpc) is 3.02. The molecule has 5 heteroatoms. The molecule has 0 atom stereocenters. The van der Waals surface area contributed by atoms with Crippen LogP contribution in [0.2, 0.25) is 0 Å². The molecule has 98 valence electrons. The predicted molar refractivity (Wildman–Crippen MR) is 73.8 cm³/mol. The zero-order valence-electron chi connectivity index (χ0n) is 10.5.